The van der Waals surface area contributed by atoms with Gasteiger partial charge < -0.3 is 0 Å². The molecule has 1 heterocycles. The molecule has 1 aromatic heterocycles. The Balaban J connectivity index is 1.17. The molecule has 0 saturated heterocycles. The van der Waals surface area contributed by atoms with Crippen LogP contribution in [0.5, 0.6) is 0 Å². The molecule has 2 aliphatic carbocycles. The largest absolute Gasteiger partial charge is 0.135 e. The summed E-state index contributed by atoms with van der Waals surface area (Å²) in [4.78, 5) is 0. The summed E-state index contributed by atoms with van der Waals surface area (Å²) in [5, 5.41) is 13.0. The van der Waals surface area contributed by atoms with E-state index in [1.165, 1.54) is 107 Å². The molecular formula is C57H38S. The lowest BCUT2D eigenvalue weighted by atomic mass is 9.60. The zero-order valence-corrected chi connectivity index (χ0v) is 32.9. The fourth-order valence-electron chi connectivity index (χ4n) is 10.6. The highest BCUT2D eigenvalue weighted by molar-refractivity contribution is 7.26. The van der Waals surface area contributed by atoms with Gasteiger partial charge in [-0.15, -0.1) is 11.3 Å². The summed E-state index contributed by atoms with van der Waals surface area (Å²) in [6.45, 7) is 2.44. The molecule has 0 fully saturated rings. The van der Waals surface area contributed by atoms with Crippen LogP contribution in [0.4, 0.5) is 0 Å². The van der Waals surface area contributed by atoms with E-state index >= 15 is 0 Å². The molecule has 2 atom stereocenters. The number of hydrogen-bond donors (Lipinski definition) is 0. The predicted octanol–water partition coefficient (Wildman–Crippen LogP) is 14.0. The van der Waals surface area contributed by atoms with Crippen LogP contribution >= 0.6 is 11.3 Å². The highest BCUT2D eigenvalue weighted by Gasteiger charge is 2.42. The molecule has 0 amide bonds. The fourth-order valence-corrected chi connectivity index (χ4v) is 11.8. The van der Waals surface area contributed by atoms with E-state index in [-0.39, 0.29) is 11.3 Å². The minimum absolute atomic E-state index is 0.167. The molecule has 58 heavy (non-hydrogen) atoms. The van der Waals surface area contributed by atoms with Gasteiger partial charge in [-0.05, 0) is 87.8 Å². The number of hydrogen-bond acceptors (Lipinski definition) is 1. The Kier molecular flexibility index (Phi) is 7.40. The van der Waals surface area contributed by atoms with Crippen molar-refractivity contribution in [2.24, 2.45) is 11.3 Å². The summed E-state index contributed by atoms with van der Waals surface area (Å²) < 4.78 is 2.65. The SMILES string of the molecule is CC12C=CC=CC1C(c1cccc3sc4c(-c5c6ccccc6c(-c6cccc7ccccc67)c6ccccc56)cccc4c13)=c1ccccc1=C2c1ccccc1. The van der Waals surface area contributed by atoms with Gasteiger partial charge in [0.2, 0.25) is 0 Å². The zero-order valence-electron chi connectivity index (χ0n) is 32.1. The van der Waals surface area contributed by atoms with E-state index in [0.29, 0.717) is 0 Å². The Morgan fingerprint density at radius 3 is 1.76 bits per heavy atom. The molecule has 9 aromatic carbocycles. The summed E-state index contributed by atoms with van der Waals surface area (Å²) in [6, 6.07) is 67.8. The van der Waals surface area contributed by atoms with Gasteiger partial charge in [0.1, 0.15) is 0 Å². The van der Waals surface area contributed by atoms with E-state index in [4.69, 9.17) is 0 Å². The summed E-state index contributed by atoms with van der Waals surface area (Å²) in [5.41, 5.74) is 10.4. The van der Waals surface area contributed by atoms with E-state index < -0.39 is 0 Å². The van der Waals surface area contributed by atoms with Crippen molar-refractivity contribution in [3.8, 4) is 22.3 Å². The summed E-state index contributed by atoms with van der Waals surface area (Å²) >= 11 is 1.94. The van der Waals surface area contributed by atoms with E-state index in [9.17, 15) is 0 Å². The molecule has 1 heteroatoms. The van der Waals surface area contributed by atoms with Crippen LogP contribution in [0.15, 0.2) is 206 Å². The van der Waals surface area contributed by atoms with Crippen LogP contribution in [0.1, 0.15) is 18.1 Å². The van der Waals surface area contributed by atoms with Gasteiger partial charge in [-0.25, -0.2) is 0 Å². The van der Waals surface area contributed by atoms with Crippen LogP contribution in [0.3, 0.4) is 0 Å². The van der Waals surface area contributed by atoms with Crippen molar-refractivity contribution in [3.05, 3.63) is 228 Å². The molecule has 0 bridgehead atoms. The zero-order chi connectivity index (χ0) is 38.4. The van der Waals surface area contributed by atoms with Gasteiger partial charge in [-0.1, -0.05) is 207 Å². The lowest BCUT2D eigenvalue weighted by Crippen LogP contribution is -2.45. The molecule has 2 unspecified atom stereocenters. The number of thiophene rings is 1. The second-order valence-corrected chi connectivity index (χ2v) is 17.1. The maximum absolute atomic E-state index is 2.45. The van der Waals surface area contributed by atoms with Crippen LogP contribution < -0.4 is 10.4 Å². The first-order chi connectivity index (χ1) is 28.7. The fraction of sp³-hybridized carbons (Fsp3) is 0.0526. The summed E-state index contributed by atoms with van der Waals surface area (Å²) in [5.74, 6) is 0.167. The number of allylic oxidation sites excluding steroid dienone is 4. The molecule has 0 aliphatic heterocycles. The Morgan fingerprint density at radius 2 is 1.00 bits per heavy atom. The Morgan fingerprint density at radius 1 is 0.448 bits per heavy atom. The van der Waals surface area contributed by atoms with Crippen LogP contribution in [-0.2, 0) is 0 Å². The molecule has 0 N–H and O–H groups in total. The molecule has 2 aliphatic rings. The van der Waals surface area contributed by atoms with Gasteiger partial charge in [-0.2, -0.15) is 0 Å². The topological polar surface area (TPSA) is 0 Å². The van der Waals surface area contributed by atoms with Gasteiger partial charge in [0.15, 0.2) is 0 Å². The Labute approximate surface area is 341 Å². The molecular weight excluding hydrogens is 717 g/mol. The minimum Gasteiger partial charge on any atom is -0.135 e. The number of benzene rings is 9. The van der Waals surface area contributed by atoms with Crippen molar-refractivity contribution >= 4 is 75.0 Å². The number of rotatable bonds is 4. The molecule has 0 spiro atoms. The maximum atomic E-state index is 2.45. The molecule has 0 radical (unpaired) electrons. The number of fused-ring (bicyclic) bond motifs is 8. The van der Waals surface area contributed by atoms with E-state index in [1.807, 2.05) is 11.3 Å². The molecule has 10 aromatic rings. The second kappa shape index (κ2) is 12.9. The van der Waals surface area contributed by atoms with Crippen molar-refractivity contribution in [1.29, 1.82) is 0 Å². The van der Waals surface area contributed by atoms with Crippen molar-refractivity contribution in [2.75, 3.05) is 0 Å². The van der Waals surface area contributed by atoms with E-state index in [2.05, 4.69) is 213 Å². The summed E-state index contributed by atoms with van der Waals surface area (Å²) in [6.07, 6.45) is 9.39. The van der Waals surface area contributed by atoms with Crippen molar-refractivity contribution in [3.63, 3.8) is 0 Å². The minimum atomic E-state index is -0.220. The highest BCUT2D eigenvalue weighted by atomic mass is 32.1. The van der Waals surface area contributed by atoms with Gasteiger partial charge in [0.05, 0.1) is 0 Å². The van der Waals surface area contributed by atoms with Gasteiger partial charge in [0.25, 0.3) is 0 Å². The average Bonchev–Trinajstić information content (AvgIpc) is 3.67. The van der Waals surface area contributed by atoms with Crippen molar-refractivity contribution < 1.29 is 0 Å². The quantitative estimate of drug-likeness (QED) is 0.157. The van der Waals surface area contributed by atoms with E-state index in [0.717, 1.165) is 0 Å². The normalized spacial score (nSPS) is 17.4. The van der Waals surface area contributed by atoms with Crippen LogP contribution in [-0.4, -0.2) is 0 Å². The van der Waals surface area contributed by atoms with Crippen LogP contribution in [0, 0.1) is 11.3 Å². The van der Waals surface area contributed by atoms with Gasteiger partial charge >= 0.3 is 0 Å². The lowest BCUT2D eigenvalue weighted by molar-refractivity contribution is 0.479. The standard InChI is InChI=1S/C57H38S/c1-57-35-14-13-33-49(57)53(44-27-11-12-28-45(44)55(57)37-19-3-2-4-20-37)46-30-17-34-50-54(46)48-32-16-31-47(56(48)58-50)52-42-25-9-7-23-40(42)51(41-24-8-10-26-43(41)52)39-29-15-21-36-18-5-6-22-38(36)39/h2-35,49H,1H3. The first kappa shape index (κ1) is 33.4. The first-order valence-corrected chi connectivity index (χ1v) is 21.1. The predicted molar refractivity (Wildman–Crippen MR) is 250 cm³/mol. The van der Waals surface area contributed by atoms with Crippen molar-refractivity contribution in [2.45, 2.75) is 6.92 Å². The molecule has 12 rings (SSSR count). The summed E-state index contributed by atoms with van der Waals surface area (Å²) in [7, 11) is 0. The van der Waals surface area contributed by atoms with Gasteiger partial charge in [-0.3, -0.25) is 0 Å². The second-order valence-electron chi connectivity index (χ2n) is 16.0. The van der Waals surface area contributed by atoms with E-state index in [1.54, 1.807) is 0 Å². The van der Waals surface area contributed by atoms with Crippen molar-refractivity contribution in [1.82, 2.24) is 0 Å². The maximum Gasteiger partial charge on any atom is 0.0434 e. The van der Waals surface area contributed by atoms with Crippen LogP contribution in [0.25, 0.3) is 85.9 Å². The third-order valence-electron chi connectivity index (χ3n) is 13.0. The van der Waals surface area contributed by atoms with Crippen LogP contribution in [0.2, 0.25) is 0 Å². The Bertz CT molecular complexity index is 3460. The average molecular weight is 755 g/mol. The Hall–Kier alpha value is -6.80. The third kappa shape index (κ3) is 4.75. The third-order valence-corrected chi connectivity index (χ3v) is 14.2. The monoisotopic (exact) mass is 754 g/mol. The first-order valence-electron chi connectivity index (χ1n) is 20.3. The highest BCUT2D eigenvalue weighted by Crippen LogP contribution is 2.53. The molecule has 0 saturated carbocycles. The van der Waals surface area contributed by atoms with Gasteiger partial charge in [0, 0.05) is 37.1 Å². The lowest BCUT2D eigenvalue weighted by Gasteiger charge is -2.42. The molecule has 0 nitrogen and oxygen atoms in total. The smallest absolute Gasteiger partial charge is 0.0434 e. The molecule has 272 valence electrons.